The third-order valence-corrected chi connectivity index (χ3v) is 7.86. The lowest BCUT2D eigenvalue weighted by Gasteiger charge is -2.46. The van der Waals surface area contributed by atoms with Crippen molar-refractivity contribution in [3.63, 3.8) is 0 Å². The SMILES string of the molecule is CC1CC2CC(C)C(Nc3nc(N)c(C(=O)c4ccc5c(c4)OCCO5)s3)C(C1)C2. The van der Waals surface area contributed by atoms with Crippen molar-refractivity contribution in [3.05, 3.63) is 28.6 Å². The number of thiazole rings is 1. The number of nitrogens with two attached hydrogens (primary N) is 1. The second-order valence-corrected chi connectivity index (χ2v) is 10.2. The first-order valence-corrected chi connectivity index (χ1v) is 11.8. The van der Waals surface area contributed by atoms with Crippen LogP contribution in [0.1, 0.15) is 54.8 Å². The molecule has 5 rings (SSSR count). The molecular weight excluding hydrogens is 398 g/mol. The maximum atomic E-state index is 13.1. The van der Waals surface area contributed by atoms with Crippen LogP contribution in [0.3, 0.4) is 0 Å². The lowest BCUT2D eigenvalue weighted by molar-refractivity contribution is 0.0964. The largest absolute Gasteiger partial charge is 0.486 e. The van der Waals surface area contributed by atoms with E-state index in [2.05, 4.69) is 24.1 Å². The average molecular weight is 428 g/mol. The Labute approximate surface area is 181 Å². The first-order chi connectivity index (χ1) is 14.5. The van der Waals surface area contributed by atoms with Crippen molar-refractivity contribution in [1.29, 1.82) is 0 Å². The number of carbonyl (C=O) groups excluding carboxylic acids is 1. The zero-order valence-electron chi connectivity index (χ0n) is 17.5. The number of aromatic nitrogens is 1. The summed E-state index contributed by atoms with van der Waals surface area (Å²) in [5.41, 5.74) is 6.70. The van der Waals surface area contributed by atoms with Crippen LogP contribution in [0, 0.1) is 23.7 Å². The normalized spacial score (nSPS) is 30.0. The minimum Gasteiger partial charge on any atom is -0.486 e. The van der Waals surface area contributed by atoms with Gasteiger partial charge < -0.3 is 20.5 Å². The summed E-state index contributed by atoms with van der Waals surface area (Å²) in [4.78, 5) is 18.1. The number of fused-ring (bicyclic) bond motifs is 3. The number of nitrogens with zero attached hydrogens (tertiary/aromatic N) is 1. The van der Waals surface area contributed by atoms with Crippen molar-refractivity contribution in [2.45, 2.75) is 45.6 Å². The van der Waals surface area contributed by atoms with Crippen LogP contribution in [0.2, 0.25) is 0 Å². The highest BCUT2D eigenvalue weighted by Crippen LogP contribution is 2.46. The highest BCUT2D eigenvalue weighted by atomic mass is 32.1. The predicted molar refractivity (Wildman–Crippen MR) is 119 cm³/mol. The number of anilines is 2. The van der Waals surface area contributed by atoms with Crippen molar-refractivity contribution < 1.29 is 14.3 Å². The predicted octanol–water partition coefficient (Wildman–Crippen LogP) is 4.60. The van der Waals surface area contributed by atoms with Gasteiger partial charge in [0.25, 0.3) is 0 Å². The van der Waals surface area contributed by atoms with Gasteiger partial charge in [0.1, 0.15) is 23.9 Å². The molecule has 0 spiro atoms. The third kappa shape index (κ3) is 3.64. The van der Waals surface area contributed by atoms with Crippen LogP contribution in [0.25, 0.3) is 0 Å². The molecule has 0 saturated heterocycles. The van der Waals surface area contributed by atoms with Gasteiger partial charge in [0.15, 0.2) is 16.6 Å². The topological polar surface area (TPSA) is 86.5 Å². The monoisotopic (exact) mass is 427 g/mol. The first kappa shape index (κ1) is 19.7. The quantitative estimate of drug-likeness (QED) is 0.694. The Morgan fingerprint density at radius 2 is 1.93 bits per heavy atom. The van der Waals surface area contributed by atoms with E-state index in [0.717, 1.165) is 17.0 Å². The highest BCUT2D eigenvalue weighted by molar-refractivity contribution is 7.18. The van der Waals surface area contributed by atoms with Gasteiger partial charge in [0.2, 0.25) is 5.78 Å². The lowest BCUT2D eigenvalue weighted by Crippen LogP contribution is -2.44. The fourth-order valence-electron chi connectivity index (χ4n) is 5.70. The van der Waals surface area contributed by atoms with Crippen molar-refractivity contribution in [1.82, 2.24) is 4.98 Å². The molecule has 2 heterocycles. The van der Waals surface area contributed by atoms with Gasteiger partial charge in [-0.05, 0) is 67.6 Å². The van der Waals surface area contributed by atoms with Crippen molar-refractivity contribution in [3.8, 4) is 11.5 Å². The number of carbonyl (C=O) groups is 1. The molecule has 3 aliphatic rings. The zero-order chi connectivity index (χ0) is 20.8. The molecule has 1 aliphatic heterocycles. The summed E-state index contributed by atoms with van der Waals surface area (Å²) in [7, 11) is 0. The molecule has 2 aromatic rings. The molecule has 3 N–H and O–H groups in total. The molecule has 2 aliphatic carbocycles. The number of rotatable bonds is 4. The maximum Gasteiger partial charge on any atom is 0.206 e. The molecule has 1 aromatic carbocycles. The van der Waals surface area contributed by atoms with Crippen LogP contribution in [0.15, 0.2) is 18.2 Å². The van der Waals surface area contributed by atoms with Gasteiger partial charge in [0, 0.05) is 11.6 Å². The molecule has 7 heteroatoms. The summed E-state index contributed by atoms with van der Waals surface area (Å²) in [6.45, 7) is 5.72. The molecule has 5 atom stereocenters. The second-order valence-electron chi connectivity index (χ2n) is 9.24. The molecule has 2 saturated carbocycles. The molecular formula is C23H29N3O3S. The van der Waals surface area contributed by atoms with Gasteiger partial charge in [-0.3, -0.25) is 4.79 Å². The van der Waals surface area contributed by atoms with E-state index in [1.807, 2.05) is 0 Å². The van der Waals surface area contributed by atoms with Crippen LogP contribution in [-0.2, 0) is 0 Å². The van der Waals surface area contributed by atoms with E-state index >= 15 is 0 Å². The minimum atomic E-state index is -0.127. The van der Waals surface area contributed by atoms with Gasteiger partial charge in [-0.15, -0.1) is 0 Å². The number of benzene rings is 1. The van der Waals surface area contributed by atoms with E-state index in [4.69, 9.17) is 15.2 Å². The second kappa shape index (κ2) is 7.76. The Balaban J connectivity index is 1.35. The van der Waals surface area contributed by atoms with E-state index in [1.54, 1.807) is 18.2 Å². The number of ether oxygens (including phenoxy) is 2. The van der Waals surface area contributed by atoms with Gasteiger partial charge in [-0.25, -0.2) is 4.98 Å². The Morgan fingerprint density at radius 1 is 1.13 bits per heavy atom. The molecule has 2 bridgehead atoms. The zero-order valence-corrected chi connectivity index (χ0v) is 18.3. The number of nitrogen functional groups attached to an aromatic ring is 1. The Hall–Kier alpha value is -2.28. The molecule has 2 fully saturated rings. The van der Waals surface area contributed by atoms with Crippen molar-refractivity contribution in [2.24, 2.45) is 23.7 Å². The highest BCUT2D eigenvalue weighted by Gasteiger charge is 2.40. The fraction of sp³-hybridized carbons (Fsp3) is 0.565. The van der Waals surface area contributed by atoms with E-state index < -0.39 is 0 Å². The fourth-order valence-corrected chi connectivity index (χ4v) is 6.59. The first-order valence-electron chi connectivity index (χ1n) is 10.9. The van der Waals surface area contributed by atoms with Gasteiger partial charge in [-0.2, -0.15) is 0 Å². The van der Waals surface area contributed by atoms with Gasteiger partial charge in [0.05, 0.1) is 0 Å². The number of nitrogens with one attached hydrogen (secondary N) is 1. The summed E-state index contributed by atoms with van der Waals surface area (Å²) < 4.78 is 11.2. The summed E-state index contributed by atoms with van der Waals surface area (Å²) in [6.07, 6.45) is 5.20. The molecule has 1 aromatic heterocycles. The van der Waals surface area contributed by atoms with Crippen molar-refractivity contribution >= 4 is 28.1 Å². The third-order valence-electron chi connectivity index (χ3n) is 6.86. The van der Waals surface area contributed by atoms with Crippen LogP contribution in [-0.4, -0.2) is 30.0 Å². The molecule has 0 radical (unpaired) electrons. The average Bonchev–Trinajstić information content (AvgIpc) is 3.10. The Bertz CT molecular complexity index is 955. The standard InChI is InChI=1S/C23H29N3O3S/c1-12-7-14-9-13(2)19(16(8-12)10-14)25-23-26-22(24)21(30-23)20(27)15-3-4-17-18(11-15)29-6-5-28-17/h3-4,11-14,16,19H,5-10,24H2,1-2H3,(H,25,26). The molecule has 30 heavy (non-hydrogen) atoms. The lowest BCUT2D eigenvalue weighted by atomic mass is 9.63. The minimum absolute atomic E-state index is 0.127. The van der Waals surface area contributed by atoms with E-state index in [0.29, 0.717) is 58.8 Å². The van der Waals surface area contributed by atoms with Crippen LogP contribution in [0.5, 0.6) is 11.5 Å². The van der Waals surface area contributed by atoms with E-state index in [9.17, 15) is 4.79 Å². The Kier molecular flexibility index (Phi) is 5.09. The van der Waals surface area contributed by atoms with Gasteiger partial charge in [-0.1, -0.05) is 25.2 Å². The summed E-state index contributed by atoms with van der Waals surface area (Å²) in [5.74, 6) is 4.36. The summed E-state index contributed by atoms with van der Waals surface area (Å²) in [5, 5.41) is 4.41. The van der Waals surface area contributed by atoms with Crippen molar-refractivity contribution in [2.75, 3.05) is 24.3 Å². The smallest absolute Gasteiger partial charge is 0.206 e. The molecule has 6 nitrogen and oxygen atoms in total. The Morgan fingerprint density at radius 3 is 2.77 bits per heavy atom. The molecule has 160 valence electrons. The maximum absolute atomic E-state index is 13.1. The summed E-state index contributed by atoms with van der Waals surface area (Å²) >= 11 is 1.36. The van der Waals surface area contributed by atoms with E-state index in [1.165, 1.54) is 37.0 Å². The summed E-state index contributed by atoms with van der Waals surface area (Å²) in [6, 6.07) is 5.67. The van der Waals surface area contributed by atoms with Crippen LogP contribution >= 0.6 is 11.3 Å². The van der Waals surface area contributed by atoms with Crippen LogP contribution in [0.4, 0.5) is 10.9 Å². The number of hydrogen-bond donors (Lipinski definition) is 2. The molecule has 5 unspecified atom stereocenters. The van der Waals surface area contributed by atoms with Gasteiger partial charge >= 0.3 is 0 Å². The van der Waals surface area contributed by atoms with Crippen LogP contribution < -0.4 is 20.5 Å². The molecule has 0 amide bonds. The number of hydrogen-bond acceptors (Lipinski definition) is 7. The number of ketones is 1. The van der Waals surface area contributed by atoms with E-state index in [-0.39, 0.29) is 5.78 Å².